The van der Waals surface area contributed by atoms with Gasteiger partial charge in [0.1, 0.15) is 0 Å². The molecular weight excluding hydrogens is 328 g/mol. The summed E-state index contributed by atoms with van der Waals surface area (Å²) >= 11 is 0. The lowest BCUT2D eigenvalue weighted by molar-refractivity contribution is -0.135. The highest BCUT2D eigenvalue weighted by molar-refractivity contribution is 7.92. The number of sulfonamides is 1. The molecule has 1 fully saturated rings. The zero-order chi connectivity index (χ0) is 17.7. The number of benzene rings is 1. The van der Waals surface area contributed by atoms with Gasteiger partial charge in [0.15, 0.2) is 0 Å². The Morgan fingerprint density at radius 3 is 2.54 bits per heavy atom. The molecule has 1 amide bonds. The first-order chi connectivity index (χ1) is 11.3. The van der Waals surface area contributed by atoms with Crippen molar-refractivity contribution in [1.82, 2.24) is 4.90 Å². The van der Waals surface area contributed by atoms with E-state index < -0.39 is 10.0 Å². The Bertz CT molecular complexity index is 682. The van der Waals surface area contributed by atoms with Gasteiger partial charge in [0.05, 0.1) is 25.2 Å². The Hall–Kier alpha value is -1.60. The predicted octanol–water partition coefficient (Wildman–Crippen LogP) is 1.71. The van der Waals surface area contributed by atoms with Crippen molar-refractivity contribution in [2.24, 2.45) is 0 Å². The van der Waals surface area contributed by atoms with E-state index in [0.717, 1.165) is 11.1 Å². The number of carbonyl (C=O) groups excluding carboxylic acids is 1. The molecule has 1 aromatic rings. The molecule has 1 aromatic carbocycles. The van der Waals surface area contributed by atoms with Gasteiger partial charge in [0, 0.05) is 26.1 Å². The van der Waals surface area contributed by atoms with Crippen LogP contribution in [0.3, 0.4) is 0 Å². The van der Waals surface area contributed by atoms with Crippen LogP contribution in [-0.2, 0) is 19.6 Å². The van der Waals surface area contributed by atoms with Crippen molar-refractivity contribution in [1.29, 1.82) is 0 Å². The fraction of sp³-hybridized carbons (Fsp3) is 0.588. The SMILES string of the molecule is Cc1ccc(C)c(N(CCCC(=O)N2CCOCC2)S(C)(=O)=O)c1. The van der Waals surface area contributed by atoms with E-state index in [1.165, 1.54) is 10.6 Å². The summed E-state index contributed by atoms with van der Waals surface area (Å²) in [6, 6.07) is 5.75. The highest BCUT2D eigenvalue weighted by Gasteiger charge is 2.21. The number of carbonyl (C=O) groups is 1. The summed E-state index contributed by atoms with van der Waals surface area (Å²) in [5.74, 6) is 0.0627. The molecule has 134 valence electrons. The first-order valence-corrected chi connectivity index (χ1v) is 10.0. The molecule has 1 heterocycles. The third-order valence-corrected chi connectivity index (χ3v) is 5.33. The molecule has 0 atom stereocenters. The summed E-state index contributed by atoms with van der Waals surface area (Å²) in [7, 11) is -3.39. The lowest BCUT2D eigenvalue weighted by Gasteiger charge is -2.28. The highest BCUT2D eigenvalue weighted by Crippen LogP contribution is 2.24. The van der Waals surface area contributed by atoms with Crippen molar-refractivity contribution in [3.05, 3.63) is 29.3 Å². The maximum Gasteiger partial charge on any atom is 0.232 e. The van der Waals surface area contributed by atoms with E-state index in [9.17, 15) is 13.2 Å². The van der Waals surface area contributed by atoms with Crippen LogP contribution < -0.4 is 4.31 Å². The number of rotatable bonds is 6. The quantitative estimate of drug-likeness (QED) is 0.780. The monoisotopic (exact) mass is 354 g/mol. The molecule has 0 spiro atoms. The summed E-state index contributed by atoms with van der Waals surface area (Å²) in [4.78, 5) is 14.0. The van der Waals surface area contributed by atoms with Gasteiger partial charge < -0.3 is 9.64 Å². The number of ether oxygens (including phenoxy) is 1. The third kappa shape index (κ3) is 4.95. The van der Waals surface area contributed by atoms with E-state index in [0.29, 0.717) is 51.4 Å². The molecule has 2 rings (SSSR count). The third-order valence-electron chi connectivity index (χ3n) is 4.15. The van der Waals surface area contributed by atoms with Crippen LogP contribution in [0.1, 0.15) is 24.0 Å². The van der Waals surface area contributed by atoms with Crippen molar-refractivity contribution in [2.45, 2.75) is 26.7 Å². The summed E-state index contributed by atoms with van der Waals surface area (Å²) in [5.41, 5.74) is 2.61. The van der Waals surface area contributed by atoms with Gasteiger partial charge in [-0.25, -0.2) is 8.42 Å². The van der Waals surface area contributed by atoms with Gasteiger partial charge in [-0.05, 0) is 37.5 Å². The fourth-order valence-corrected chi connectivity index (χ4v) is 3.81. The van der Waals surface area contributed by atoms with Crippen LogP contribution in [0.15, 0.2) is 18.2 Å². The molecule has 6 nitrogen and oxygen atoms in total. The Morgan fingerprint density at radius 1 is 1.25 bits per heavy atom. The maximum absolute atomic E-state index is 12.2. The first kappa shape index (κ1) is 18.7. The second-order valence-corrected chi connectivity index (χ2v) is 8.13. The van der Waals surface area contributed by atoms with E-state index in [2.05, 4.69) is 0 Å². The first-order valence-electron chi connectivity index (χ1n) is 8.19. The largest absolute Gasteiger partial charge is 0.378 e. The minimum absolute atomic E-state index is 0.0627. The summed E-state index contributed by atoms with van der Waals surface area (Å²) in [6.45, 7) is 6.51. The Balaban J connectivity index is 2.02. The number of nitrogens with zero attached hydrogens (tertiary/aromatic N) is 2. The van der Waals surface area contributed by atoms with Gasteiger partial charge in [-0.3, -0.25) is 9.10 Å². The van der Waals surface area contributed by atoms with Crippen LogP contribution in [-0.4, -0.2) is 58.3 Å². The van der Waals surface area contributed by atoms with Gasteiger partial charge >= 0.3 is 0 Å². The van der Waals surface area contributed by atoms with E-state index >= 15 is 0 Å². The van der Waals surface area contributed by atoms with Crippen molar-refractivity contribution >= 4 is 21.6 Å². The Labute approximate surface area is 144 Å². The van der Waals surface area contributed by atoms with Gasteiger partial charge in [0.2, 0.25) is 15.9 Å². The maximum atomic E-state index is 12.2. The molecule has 0 aliphatic carbocycles. The number of anilines is 1. The summed E-state index contributed by atoms with van der Waals surface area (Å²) < 4.78 is 31.0. The van der Waals surface area contributed by atoms with Crippen LogP contribution in [0, 0.1) is 13.8 Å². The zero-order valence-corrected chi connectivity index (χ0v) is 15.4. The average Bonchev–Trinajstić information content (AvgIpc) is 2.53. The van der Waals surface area contributed by atoms with Crippen LogP contribution >= 0.6 is 0 Å². The van der Waals surface area contributed by atoms with Gasteiger partial charge in [-0.1, -0.05) is 12.1 Å². The van der Waals surface area contributed by atoms with Crippen molar-refractivity contribution in [2.75, 3.05) is 43.4 Å². The standard InChI is InChI=1S/C17H26N2O4S/c1-14-6-7-15(2)16(13-14)19(24(3,21)22)8-4-5-17(20)18-9-11-23-12-10-18/h6-7,13H,4-5,8-12H2,1-3H3. The van der Waals surface area contributed by atoms with E-state index in [4.69, 9.17) is 4.74 Å². The number of hydrogen-bond donors (Lipinski definition) is 0. The number of amides is 1. The lowest BCUT2D eigenvalue weighted by atomic mass is 10.1. The highest BCUT2D eigenvalue weighted by atomic mass is 32.2. The number of aryl methyl sites for hydroxylation is 2. The van der Waals surface area contributed by atoms with Crippen LogP contribution in [0.2, 0.25) is 0 Å². The molecule has 0 aromatic heterocycles. The van der Waals surface area contributed by atoms with Crippen molar-refractivity contribution in [3.63, 3.8) is 0 Å². The van der Waals surface area contributed by atoms with Gasteiger partial charge in [-0.2, -0.15) is 0 Å². The topological polar surface area (TPSA) is 66.9 Å². The second-order valence-electron chi connectivity index (χ2n) is 6.22. The summed E-state index contributed by atoms with van der Waals surface area (Å²) in [6.07, 6.45) is 2.05. The number of morpholine rings is 1. The Morgan fingerprint density at radius 2 is 1.92 bits per heavy atom. The van der Waals surface area contributed by atoms with E-state index in [-0.39, 0.29) is 5.91 Å². The molecule has 1 saturated heterocycles. The molecular formula is C17H26N2O4S. The second kappa shape index (κ2) is 7.98. The minimum Gasteiger partial charge on any atom is -0.378 e. The average molecular weight is 354 g/mol. The number of hydrogen-bond acceptors (Lipinski definition) is 4. The molecule has 7 heteroatoms. The molecule has 1 aliphatic rings. The van der Waals surface area contributed by atoms with Crippen molar-refractivity contribution in [3.8, 4) is 0 Å². The molecule has 1 aliphatic heterocycles. The molecule has 24 heavy (non-hydrogen) atoms. The fourth-order valence-electron chi connectivity index (χ4n) is 2.80. The normalized spacial score (nSPS) is 15.4. The predicted molar refractivity (Wildman–Crippen MR) is 94.7 cm³/mol. The molecule has 0 N–H and O–H groups in total. The van der Waals surface area contributed by atoms with Crippen LogP contribution in [0.5, 0.6) is 0 Å². The molecule has 0 bridgehead atoms. The minimum atomic E-state index is -3.39. The molecule has 0 unspecified atom stereocenters. The zero-order valence-electron chi connectivity index (χ0n) is 14.6. The molecule has 0 saturated carbocycles. The van der Waals surface area contributed by atoms with Gasteiger partial charge in [-0.15, -0.1) is 0 Å². The van der Waals surface area contributed by atoms with Gasteiger partial charge in [0.25, 0.3) is 0 Å². The summed E-state index contributed by atoms with van der Waals surface area (Å²) in [5, 5.41) is 0. The van der Waals surface area contributed by atoms with E-state index in [1.54, 1.807) is 4.90 Å². The van der Waals surface area contributed by atoms with E-state index in [1.807, 2.05) is 32.0 Å². The van der Waals surface area contributed by atoms with Crippen LogP contribution in [0.4, 0.5) is 5.69 Å². The Kier molecular flexibility index (Phi) is 6.23. The van der Waals surface area contributed by atoms with Crippen molar-refractivity contribution < 1.29 is 17.9 Å². The lowest BCUT2D eigenvalue weighted by Crippen LogP contribution is -2.41. The molecule has 0 radical (unpaired) electrons. The smallest absolute Gasteiger partial charge is 0.232 e. The van der Waals surface area contributed by atoms with Crippen LogP contribution in [0.25, 0.3) is 0 Å².